The molecule has 0 unspecified atom stereocenters. The lowest BCUT2D eigenvalue weighted by molar-refractivity contribution is -0.122. The number of fused-ring (bicyclic) bond motifs is 1. The Balaban J connectivity index is 1.58. The first-order chi connectivity index (χ1) is 14.6. The van der Waals surface area contributed by atoms with Crippen LogP contribution in [-0.2, 0) is 21.2 Å². The fraction of sp³-hybridized carbons (Fsp3) is 0.435. The van der Waals surface area contributed by atoms with Crippen molar-refractivity contribution in [1.82, 2.24) is 5.32 Å². The van der Waals surface area contributed by atoms with Crippen molar-refractivity contribution >= 4 is 21.6 Å². The average Bonchev–Trinajstić information content (AvgIpc) is 2.70. The molecule has 8 heteroatoms. The van der Waals surface area contributed by atoms with E-state index in [0.29, 0.717) is 43.2 Å². The van der Waals surface area contributed by atoms with Crippen LogP contribution >= 0.6 is 0 Å². The fourth-order valence-corrected chi connectivity index (χ4v) is 4.60. The quantitative estimate of drug-likeness (QED) is 0.640. The van der Waals surface area contributed by atoms with Crippen LogP contribution in [0, 0.1) is 0 Å². The molecule has 1 amide bonds. The van der Waals surface area contributed by atoms with Crippen LogP contribution in [0.15, 0.2) is 48.5 Å². The maximum Gasteiger partial charge on any atom is 0.232 e. The van der Waals surface area contributed by atoms with E-state index in [0.717, 1.165) is 11.8 Å². The first-order valence-corrected chi connectivity index (χ1v) is 12.2. The number of anilines is 1. The molecule has 0 bridgehead atoms. The molecular formula is C23H30N2O5S. The van der Waals surface area contributed by atoms with Gasteiger partial charge in [-0.2, -0.15) is 0 Å². The lowest BCUT2D eigenvalue weighted by atomic mass is 9.94. The second-order valence-electron chi connectivity index (χ2n) is 8.36. The zero-order valence-electron chi connectivity index (χ0n) is 18.3. The Hall–Kier alpha value is -2.74. The van der Waals surface area contributed by atoms with Crippen LogP contribution in [0.4, 0.5) is 5.69 Å². The summed E-state index contributed by atoms with van der Waals surface area (Å²) in [5.41, 5.74) is 1.25. The summed E-state index contributed by atoms with van der Waals surface area (Å²) in [6.07, 6.45) is 2.50. The number of hydrogen-bond acceptors (Lipinski definition) is 5. The van der Waals surface area contributed by atoms with E-state index in [9.17, 15) is 13.2 Å². The van der Waals surface area contributed by atoms with Crippen LogP contribution in [0.5, 0.6) is 11.5 Å². The summed E-state index contributed by atoms with van der Waals surface area (Å²) in [5.74, 6) is 1.03. The normalized spacial score (nSPS) is 13.5. The van der Waals surface area contributed by atoms with Gasteiger partial charge in [-0.15, -0.1) is 0 Å². The minimum absolute atomic E-state index is 0.100. The van der Waals surface area contributed by atoms with Gasteiger partial charge in [-0.3, -0.25) is 9.10 Å². The molecule has 31 heavy (non-hydrogen) atoms. The van der Waals surface area contributed by atoms with E-state index in [-0.39, 0.29) is 18.9 Å². The molecule has 0 saturated carbocycles. The minimum atomic E-state index is -3.51. The summed E-state index contributed by atoms with van der Waals surface area (Å²) in [4.78, 5) is 12.5. The predicted octanol–water partition coefficient (Wildman–Crippen LogP) is 3.14. The number of carbonyl (C=O) groups excluding carboxylic acids is 1. The molecule has 1 N–H and O–H groups in total. The molecule has 0 spiro atoms. The third-order valence-electron chi connectivity index (χ3n) is 4.95. The number of sulfonamides is 1. The van der Waals surface area contributed by atoms with Crippen molar-refractivity contribution < 1.29 is 22.7 Å². The molecular weight excluding hydrogens is 416 g/mol. The second kappa shape index (κ2) is 9.60. The summed E-state index contributed by atoms with van der Waals surface area (Å²) in [6, 6.07) is 15.0. The van der Waals surface area contributed by atoms with Gasteiger partial charge in [0, 0.05) is 24.6 Å². The van der Waals surface area contributed by atoms with Gasteiger partial charge in [-0.05, 0) is 44.4 Å². The molecule has 0 atom stereocenters. The third kappa shape index (κ3) is 6.62. The summed E-state index contributed by atoms with van der Waals surface area (Å²) < 4.78 is 37.1. The topological polar surface area (TPSA) is 84.9 Å². The highest BCUT2D eigenvalue weighted by Gasteiger charge is 2.23. The van der Waals surface area contributed by atoms with Crippen molar-refractivity contribution in [3.8, 4) is 11.5 Å². The molecule has 1 aliphatic rings. The van der Waals surface area contributed by atoms with E-state index >= 15 is 0 Å². The Morgan fingerprint density at radius 1 is 1.06 bits per heavy atom. The predicted molar refractivity (Wildman–Crippen MR) is 121 cm³/mol. The van der Waals surface area contributed by atoms with Crippen LogP contribution in [0.25, 0.3) is 0 Å². The number of amides is 1. The summed E-state index contributed by atoms with van der Waals surface area (Å²) >= 11 is 0. The third-order valence-corrected chi connectivity index (χ3v) is 6.14. The Bertz CT molecular complexity index is 1010. The van der Waals surface area contributed by atoms with Gasteiger partial charge in [0.2, 0.25) is 15.9 Å². The van der Waals surface area contributed by atoms with E-state index in [4.69, 9.17) is 9.47 Å². The molecule has 1 heterocycles. The zero-order chi connectivity index (χ0) is 22.5. The summed E-state index contributed by atoms with van der Waals surface area (Å²) in [7, 11) is -3.51. The van der Waals surface area contributed by atoms with Crippen molar-refractivity contribution in [2.75, 3.05) is 30.3 Å². The molecule has 0 aliphatic carbocycles. The van der Waals surface area contributed by atoms with Crippen molar-refractivity contribution in [3.05, 3.63) is 54.1 Å². The maximum absolute atomic E-state index is 12.5. The standard InChI is InChI=1S/C23H30N2O5S/c1-23(2,17-18-8-5-4-6-9-18)24-22(26)10-7-13-25(31(3,27)28)19-11-12-20-21(16-19)30-15-14-29-20/h4-6,8-9,11-12,16H,7,10,13-15,17H2,1-3H3,(H,24,26). The molecule has 0 aromatic heterocycles. The Kier molecular flexibility index (Phi) is 7.10. The van der Waals surface area contributed by atoms with Gasteiger partial charge in [-0.25, -0.2) is 8.42 Å². The number of nitrogens with zero attached hydrogens (tertiary/aromatic N) is 1. The SMILES string of the molecule is CC(C)(Cc1ccccc1)NC(=O)CCCN(c1ccc2c(c1)OCCO2)S(C)(=O)=O. The van der Waals surface area contributed by atoms with Gasteiger partial charge in [-0.1, -0.05) is 30.3 Å². The molecule has 2 aromatic carbocycles. The number of ether oxygens (including phenoxy) is 2. The Labute approximate surface area is 184 Å². The highest BCUT2D eigenvalue weighted by Crippen LogP contribution is 2.34. The highest BCUT2D eigenvalue weighted by atomic mass is 32.2. The molecule has 0 radical (unpaired) electrons. The number of hydrogen-bond donors (Lipinski definition) is 1. The van der Waals surface area contributed by atoms with E-state index in [1.807, 2.05) is 44.2 Å². The molecule has 3 rings (SSSR count). The van der Waals surface area contributed by atoms with Crippen LogP contribution < -0.4 is 19.1 Å². The van der Waals surface area contributed by atoms with Gasteiger partial charge < -0.3 is 14.8 Å². The van der Waals surface area contributed by atoms with Gasteiger partial charge in [0.1, 0.15) is 13.2 Å². The number of carbonyl (C=O) groups is 1. The van der Waals surface area contributed by atoms with Crippen LogP contribution in [-0.4, -0.2) is 45.9 Å². The number of benzene rings is 2. The Morgan fingerprint density at radius 3 is 2.42 bits per heavy atom. The first kappa shape index (κ1) is 22.9. The van der Waals surface area contributed by atoms with Crippen molar-refractivity contribution in [1.29, 1.82) is 0 Å². The molecule has 7 nitrogen and oxygen atoms in total. The smallest absolute Gasteiger partial charge is 0.232 e. The lowest BCUT2D eigenvalue weighted by Gasteiger charge is -2.27. The summed E-state index contributed by atoms with van der Waals surface area (Å²) in [6.45, 7) is 5.06. The highest BCUT2D eigenvalue weighted by molar-refractivity contribution is 7.92. The van der Waals surface area contributed by atoms with Crippen LogP contribution in [0.3, 0.4) is 0 Å². The fourth-order valence-electron chi connectivity index (χ4n) is 3.65. The minimum Gasteiger partial charge on any atom is -0.486 e. The van der Waals surface area contributed by atoms with Gasteiger partial charge in [0.05, 0.1) is 11.9 Å². The lowest BCUT2D eigenvalue weighted by Crippen LogP contribution is -2.45. The van der Waals surface area contributed by atoms with E-state index in [1.165, 1.54) is 4.31 Å². The molecule has 168 valence electrons. The first-order valence-electron chi connectivity index (χ1n) is 10.4. The molecule has 0 fully saturated rings. The number of nitrogens with one attached hydrogen (secondary N) is 1. The van der Waals surface area contributed by atoms with Gasteiger partial charge >= 0.3 is 0 Å². The van der Waals surface area contributed by atoms with E-state index in [1.54, 1.807) is 18.2 Å². The number of rotatable bonds is 9. The molecule has 0 saturated heterocycles. The maximum atomic E-state index is 12.5. The van der Waals surface area contributed by atoms with Crippen molar-refractivity contribution in [2.24, 2.45) is 0 Å². The second-order valence-corrected chi connectivity index (χ2v) is 10.3. The zero-order valence-corrected chi connectivity index (χ0v) is 19.1. The Morgan fingerprint density at radius 2 is 1.74 bits per heavy atom. The van der Waals surface area contributed by atoms with Crippen molar-refractivity contribution in [3.63, 3.8) is 0 Å². The van der Waals surface area contributed by atoms with E-state index in [2.05, 4.69) is 5.32 Å². The van der Waals surface area contributed by atoms with Gasteiger partial charge in [0.25, 0.3) is 0 Å². The van der Waals surface area contributed by atoms with Crippen molar-refractivity contribution in [2.45, 2.75) is 38.6 Å². The van der Waals surface area contributed by atoms with Crippen LogP contribution in [0.2, 0.25) is 0 Å². The average molecular weight is 447 g/mol. The molecule has 2 aromatic rings. The summed E-state index contributed by atoms with van der Waals surface area (Å²) in [5, 5.41) is 3.05. The monoisotopic (exact) mass is 446 g/mol. The van der Waals surface area contributed by atoms with Crippen LogP contribution in [0.1, 0.15) is 32.3 Å². The largest absolute Gasteiger partial charge is 0.486 e. The van der Waals surface area contributed by atoms with Gasteiger partial charge in [0.15, 0.2) is 11.5 Å². The molecule has 1 aliphatic heterocycles. The van der Waals surface area contributed by atoms with E-state index < -0.39 is 15.6 Å².